The molecule has 1 heterocycles. The predicted octanol–water partition coefficient (Wildman–Crippen LogP) is 3.81. The summed E-state index contributed by atoms with van der Waals surface area (Å²) in [6, 6.07) is 20.8. The summed E-state index contributed by atoms with van der Waals surface area (Å²) < 4.78 is 0. The predicted molar refractivity (Wildman–Crippen MR) is 134 cm³/mol. The fourth-order valence-electron chi connectivity index (χ4n) is 3.62. The number of hydrogen-bond donors (Lipinski definition) is 2. The highest BCUT2D eigenvalue weighted by molar-refractivity contribution is 6.01. The quantitative estimate of drug-likeness (QED) is 0.483. The number of aromatic nitrogens is 1. The normalized spacial score (nSPS) is 10.4. The van der Waals surface area contributed by atoms with Crippen molar-refractivity contribution in [3.63, 3.8) is 0 Å². The molecular formula is C27H30N4O3. The van der Waals surface area contributed by atoms with Gasteiger partial charge < -0.3 is 15.5 Å². The molecule has 0 radical (unpaired) electrons. The molecule has 3 amide bonds. The first kappa shape index (κ1) is 24.6. The highest BCUT2D eigenvalue weighted by atomic mass is 16.2. The van der Waals surface area contributed by atoms with Crippen molar-refractivity contribution in [1.29, 1.82) is 0 Å². The smallest absolute Gasteiger partial charge is 0.240 e. The van der Waals surface area contributed by atoms with Crippen LogP contribution < -0.4 is 15.5 Å². The number of carbonyl (C=O) groups excluding carboxylic acids is 3. The molecule has 2 aromatic carbocycles. The molecule has 0 saturated carbocycles. The Kier molecular flexibility index (Phi) is 8.91. The fourth-order valence-corrected chi connectivity index (χ4v) is 3.62. The Morgan fingerprint density at radius 2 is 1.56 bits per heavy atom. The standard InChI is InChI=1S/C27H30N4O3/c1-20-16-21(2)18-23(17-20)31(19-26(33)29-15-13-22-8-4-3-5-9-22)27(34)12-11-25(32)30-24-10-6-7-14-28-24/h3-10,14,16-18H,11-13,15,19H2,1-2H3,(H,29,33)(H,28,30,32). The summed E-state index contributed by atoms with van der Waals surface area (Å²) in [5.41, 5.74) is 3.75. The van der Waals surface area contributed by atoms with E-state index in [0.717, 1.165) is 16.7 Å². The average Bonchev–Trinajstić information content (AvgIpc) is 2.82. The second kappa shape index (κ2) is 12.3. The molecule has 34 heavy (non-hydrogen) atoms. The van der Waals surface area contributed by atoms with Gasteiger partial charge in [-0.1, -0.05) is 42.5 Å². The highest BCUT2D eigenvalue weighted by Crippen LogP contribution is 2.20. The van der Waals surface area contributed by atoms with Gasteiger partial charge in [-0.3, -0.25) is 14.4 Å². The van der Waals surface area contributed by atoms with E-state index in [4.69, 9.17) is 0 Å². The van der Waals surface area contributed by atoms with Crippen molar-refractivity contribution in [2.45, 2.75) is 33.1 Å². The first-order valence-corrected chi connectivity index (χ1v) is 11.3. The molecule has 3 rings (SSSR count). The second-order valence-electron chi connectivity index (χ2n) is 8.17. The van der Waals surface area contributed by atoms with Crippen LogP contribution in [-0.4, -0.2) is 35.8 Å². The molecule has 7 heteroatoms. The number of amides is 3. The minimum absolute atomic E-state index is 0.00761. The molecular weight excluding hydrogens is 428 g/mol. The SMILES string of the molecule is Cc1cc(C)cc(N(CC(=O)NCCc2ccccc2)C(=O)CCC(=O)Nc2ccccn2)c1. The van der Waals surface area contributed by atoms with Crippen molar-refractivity contribution in [3.8, 4) is 0 Å². The summed E-state index contributed by atoms with van der Waals surface area (Å²) in [5, 5.41) is 5.57. The van der Waals surface area contributed by atoms with E-state index in [9.17, 15) is 14.4 Å². The van der Waals surface area contributed by atoms with E-state index in [-0.39, 0.29) is 37.1 Å². The lowest BCUT2D eigenvalue weighted by molar-refractivity contribution is -0.125. The Balaban J connectivity index is 1.62. The van der Waals surface area contributed by atoms with E-state index in [1.807, 2.05) is 62.4 Å². The number of hydrogen-bond acceptors (Lipinski definition) is 4. The molecule has 0 fully saturated rings. The summed E-state index contributed by atoms with van der Waals surface area (Å²) in [4.78, 5) is 43.6. The Morgan fingerprint density at radius 3 is 2.24 bits per heavy atom. The third-order valence-electron chi connectivity index (χ3n) is 5.20. The van der Waals surface area contributed by atoms with Gasteiger partial charge in [0.15, 0.2) is 0 Å². The van der Waals surface area contributed by atoms with Crippen LogP contribution in [0.25, 0.3) is 0 Å². The number of nitrogens with one attached hydrogen (secondary N) is 2. The van der Waals surface area contributed by atoms with E-state index in [1.165, 1.54) is 4.90 Å². The Morgan fingerprint density at radius 1 is 0.853 bits per heavy atom. The number of carbonyl (C=O) groups is 3. The molecule has 0 atom stereocenters. The van der Waals surface area contributed by atoms with Gasteiger partial charge in [-0.25, -0.2) is 4.98 Å². The Bertz CT molecular complexity index is 1100. The summed E-state index contributed by atoms with van der Waals surface area (Å²) >= 11 is 0. The lowest BCUT2D eigenvalue weighted by Crippen LogP contribution is -2.41. The van der Waals surface area contributed by atoms with E-state index < -0.39 is 0 Å². The van der Waals surface area contributed by atoms with Crippen molar-refractivity contribution in [2.24, 2.45) is 0 Å². The fraction of sp³-hybridized carbons (Fsp3) is 0.259. The Hall–Kier alpha value is -4.00. The lowest BCUT2D eigenvalue weighted by Gasteiger charge is -2.23. The molecule has 0 bridgehead atoms. The van der Waals surface area contributed by atoms with E-state index in [1.54, 1.807) is 24.4 Å². The average molecular weight is 459 g/mol. The minimum Gasteiger partial charge on any atom is -0.354 e. The molecule has 2 N–H and O–H groups in total. The first-order chi connectivity index (χ1) is 16.4. The van der Waals surface area contributed by atoms with E-state index in [2.05, 4.69) is 15.6 Å². The molecule has 176 valence electrons. The van der Waals surface area contributed by atoms with Crippen molar-refractivity contribution < 1.29 is 14.4 Å². The summed E-state index contributed by atoms with van der Waals surface area (Å²) in [6.45, 7) is 4.25. The van der Waals surface area contributed by atoms with Gasteiger partial charge in [0, 0.05) is 31.3 Å². The maximum Gasteiger partial charge on any atom is 0.240 e. The number of rotatable bonds is 10. The van der Waals surface area contributed by atoms with Crippen LogP contribution >= 0.6 is 0 Å². The highest BCUT2D eigenvalue weighted by Gasteiger charge is 2.20. The van der Waals surface area contributed by atoms with Gasteiger partial charge in [0.25, 0.3) is 0 Å². The zero-order valence-electron chi connectivity index (χ0n) is 19.6. The van der Waals surface area contributed by atoms with Gasteiger partial charge in [0.2, 0.25) is 17.7 Å². The van der Waals surface area contributed by atoms with Crippen LogP contribution in [0.3, 0.4) is 0 Å². The molecule has 0 saturated heterocycles. The van der Waals surface area contributed by atoms with Crippen molar-refractivity contribution in [3.05, 3.63) is 89.6 Å². The van der Waals surface area contributed by atoms with E-state index in [0.29, 0.717) is 24.5 Å². The molecule has 0 aliphatic carbocycles. The number of aryl methyl sites for hydroxylation is 2. The summed E-state index contributed by atoms with van der Waals surface area (Å²) in [6.07, 6.45) is 2.26. The molecule has 0 aliphatic rings. The van der Waals surface area contributed by atoms with Crippen LogP contribution in [0.4, 0.5) is 11.5 Å². The van der Waals surface area contributed by atoms with Gasteiger partial charge in [-0.2, -0.15) is 0 Å². The van der Waals surface area contributed by atoms with Crippen LogP contribution in [0.15, 0.2) is 72.9 Å². The number of anilines is 2. The third kappa shape index (κ3) is 7.85. The molecule has 3 aromatic rings. The van der Waals surface area contributed by atoms with Crippen molar-refractivity contribution >= 4 is 29.2 Å². The molecule has 0 spiro atoms. The summed E-state index contributed by atoms with van der Waals surface area (Å²) in [7, 11) is 0. The van der Waals surface area contributed by atoms with Gasteiger partial charge in [-0.05, 0) is 61.2 Å². The van der Waals surface area contributed by atoms with Crippen LogP contribution in [0.1, 0.15) is 29.5 Å². The third-order valence-corrected chi connectivity index (χ3v) is 5.20. The summed E-state index contributed by atoms with van der Waals surface area (Å²) in [5.74, 6) is -0.413. The van der Waals surface area contributed by atoms with Crippen molar-refractivity contribution in [2.75, 3.05) is 23.3 Å². The number of pyridine rings is 1. The van der Waals surface area contributed by atoms with Gasteiger partial charge in [0.05, 0.1) is 0 Å². The minimum atomic E-state index is -0.306. The van der Waals surface area contributed by atoms with Crippen LogP contribution in [-0.2, 0) is 20.8 Å². The van der Waals surface area contributed by atoms with Crippen LogP contribution in [0, 0.1) is 13.8 Å². The molecule has 0 unspecified atom stereocenters. The zero-order chi connectivity index (χ0) is 24.3. The maximum atomic E-state index is 13.1. The second-order valence-corrected chi connectivity index (χ2v) is 8.17. The van der Waals surface area contributed by atoms with Crippen molar-refractivity contribution in [1.82, 2.24) is 10.3 Å². The molecule has 1 aromatic heterocycles. The monoisotopic (exact) mass is 458 g/mol. The van der Waals surface area contributed by atoms with Gasteiger partial charge >= 0.3 is 0 Å². The zero-order valence-corrected chi connectivity index (χ0v) is 19.6. The lowest BCUT2D eigenvalue weighted by atomic mass is 10.1. The largest absolute Gasteiger partial charge is 0.354 e. The Labute approximate surface area is 200 Å². The number of nitrogens with zero attached hydrogens (tertiary/aromatic N) is 2. The van der Waals surface area contributed by atoms with E-state index >= 15 is 0 Å². The molecule has 7 nitrogen and oxygen atoms in total. The van der Waals surface area contributed by atoms with Gasteiger partial charge in [0.1, 0.15) is 12.4 Å². The van der Waals surface area contributed by atoms with Crippen LogP contribution in [0.5, 0.6) is 0 Å². The van der Waals surface area contributed by atoms with Gasteiger partial charge in [-0.15, -0.1) is 0 Å². The first-order valence-electron chi connectivity index (χ1n) is 11.3. The molecule has 0 aliphatic heterocycles. The topological polar surface area (TPSA) is 91.4 Å². The maximum absolute atomic E-state index is 13.1. The van der Waals surface area contributed by atoms with Crippen LogP contribution in [0.2, 0.25) is 0 Å². The number of benzene rings is 2.